The molecule has 26 heavy (non-hydrogen) atoms. The summed E-state index contributed by atoms with van der Waals surface area (Å²) < 4.78 is 1.62. The second kappa shape index (κ2) is 5.69. The minimum atomic E-state index is -0.0860. The van der Waals surface area contributed by atoms with Gasteiger partial charge in [0.25, 0.3) is 5.91 Å². The molecule has 1 aromatic heterocycles. The molecular weight excluding hydrogens is 328 g/mol. The highest BCUT2D eigenvalue weighted by Gasteiger charge is 2.52. The van der Waals surface area contributed by atoms with Crippen LogP contribution in [-0.4, -0.2) is 45.1 Å². The van der Waals surface area contributed by atoms with Crippen LogP contribution in [0, 0.1) is 5.92 Å². The van der Waals surface area contributed by atoms with Gasteiger partial charge in [-0.2, -0.15) is 5.10 Å². The van der Waals surface area contributed by atoms with Crippen molar-refractivity contribution >= 4 is 17.5 Å². The summed E-state index contributed by atoms with van der Waals surface area (Å²) in [5.74, 6) is 0.108. The fraction of sp³-hybridized carbons (Fsp3) is 0.450. The summed E-state index contributed by atoms with van der Waals surface area (Å²) >= 11 is 0. The van der Waals surface area contributed by atoms with E-state index in [1.165, 1.54) is 5.56 Å². The zero-order valence-corrected chi connectivity index (χ0v) is 14.8. The molecule has 1 aromatic carbocycles. The van der Waals surface area contributed by atoms with Gasteiger partial charge in [0.1, 0.15) is 5.69 Å². The second-order valence-electron chi connectivity index (χ2n) is 7.56. The molecule has 3 atom stereocenters. The van der Waals surface area contributed by atoms with Crippen LogP contribution in [-0.2, 0) is 18.3 Å². The summed E-state index contributed by atoms with van der Waals surface area (Å²) in [5.41, 5.74) is 2.89. The normalized spacial score (nSPS) is 26.4. The van der Waals surface area contributed by atoms with Crippen molar-refractivity contribution in [1.29, 1.82) is 0 Å². The Balaban J connectivity index is 1.40. The van der Waals surface area contributed by atoms with Gasteiger partial charge in [0.2, 0.25) is 5.91 Å². The predicted molar refractivity (Wildman–Crippen MR) is 96.8 cm³/mol. The number of hydrogen-bond donors (Lipinski definition) is 0. The third-order valence-electron chi connectivity index (χ3n) is 6.28. The third kappa shape index (κ3) is 2.14. The number of fused-ring (bicyclic) bond motifs is 3. The molecule has 2 amide bonds. The maximum atomic E-state index is 13.3. The van der Waals surface area contributed by atoms with Gasteiger partial charge in [-0.1, -0.05) is 18.2 Å². The van der Waals surface area contributed by atoms with Crippen LogP contribution in [0.1, 0.15) is 35.3 Å². The van der Waals surface area contributed by atoms with Crippen LogP contribution in [0.25, 0.3) is 0 Å². The topological polar surface area (TPSA) is 58.4 Å². The number of aryl methyl sites for hydroxylation is 1. The Labute approximate surface area is 152 Å². The first-order valence-electron chi connectivity index (χ1n) is 9.35. The Morgan fingerprint density at radius 1 is 1.15 bits per heavy atom. The highest BCUT2D eigenvalue weighted by molar-refractivity contribution is 5.99. The number of amides is 2. The second-order valence-corrected chi connectivity index (χ2v) is 7.56. The van der Waals surface area contributed by atoms with Gasteiger partial charge >= 0.3 is 0 Å². The van der Waals surface area contributed by atoms with E-state index in [2.05, 4.69) is 11.2 Å². The molecule has 5 rings (SSSR count). The standard InChI is InChI=1S/C20H22N4O2/c1-22-18(8-10-21-22)20(26)24-14-6-7-17(24)15(12-14)19(25)23-11-9-13-4-2-3-5-16(13)23/h2-5,8,10,14-15,17H,6-7,9,11-12H2,1H3/t14-,15-,17-/m0/s1. The van der Waals surface area contributed by atoms with E-state index in [9.17, 15) is 9.59 Å². The highest BCUT2D eigenvalue weighted by Crippen LogP contribution is 2.44. The van der Waals surface area contributed by atoms with Gasteiger partial charge < -0.3 is 9.80 Å². The van der Waals surface area contributed by atoms with Crippen molar-refractivity contribution in [2.45, 2.75) is 37.8 Å². The van der Waals surface area contributed by atoms with Crippen LogP contribution in [0.3, 0.4) is 0 Å². The van der Waals surface area contributed by atoms with E-state index >= 15 is 0 Å². The van der Waals surface area contributed by atoms with Crippen molar-refractivity contribution in [3.8, 4) is 0 Å². The molecule has 6 heteroatoms. The number of hydrogen-bond acceptors (Lipinski definition) is 3. The first-order valence-corrected chi connectivity index (χ1v) is 9.35. The summed E-state index contributed by atoms with van der Waals surface area (Å²) in [6, 6.07) is 10.1. The maximum absolute atomic E-state index is 13.3. The minimum absolute atomic E-state index is 0.00891. The number of aromatic nitrogens is 2. The molecule has 0 unspecified atom stereocenters. The van der Waals surface area contributed by atoms with Gasteiger partial charge in [0.15, 0.2) is 0 Å². The number of para-hydroxylation sites is 1. The first-order chi connectivity index (χ1) is 12.6. The summed E-state index contributed by atoms with van der Waals surface area (Å²) in [5, 5.41) is 4.12. The van der Waals surface area contributed by atoms with Gasteiger partial charge in [0.05, 0.1) is 5.92 Å². The van der Waals surface area contributed by atoms with Crippen LogP contribution in [0.2, 0.25) is 0 Å². The molecule has 0 aliphatic carbocycles. The van der Waals surface area contributed by atoms with E-state index in [1.54, 1.807) is 24.0 Å². The fourth-order valence-electron chi connectivity index (χ4n) is 5.05. The van der Waals surface area contributed by atoms with E-state index in [0.717, 1.165) is 37.9 Å². The molecule has 3 aliphatic heterocycles. The predicted octanol–water partition coefficient (Wildman–Crippen LogP) is 2.00. The zero-order valence-electron chi connectivity index (χ0n) is 14.8. The highest BCUT2D eigenvalue weighted by atomic mass is 16.2. The van der Waals surface area contributed by atoms with E-state index in [0.29, 0.717) is 5.69 Å². The van der Waals surface area contributed by atoms with Gasteiger partial charge in [0, 0.05) is 37.6 Å². The Kier molecular flexibility index (Phi) is 3.42. The van der Waals surface area contributed by atoms with Crippen LogP contribution < -0.4 is 4.90 Å². The van der Waals surface area contributed by atoms with Crippen LogP contribution in [0.4, 0.5) is 5.69 Å². The Morgan fingerprint density at radius 2 is 2.00 bits per heavy atom. The van der Waals surface area contributed by atoms with E-state index in [1.807, 2.05) is 28.0 Å². The van der Waals surface area contributed by atoms with Crippen LogP contribution in [0.5, 0.6) is 0 Å². The smallest absolute Gasteiger partial charge is 0.272 e. The largest absolute Gasteiger partial charge is 0.331 e. The molecule has 0 N–H and O–H groups in total. The molecule has 0 spiro atoms. The van der Waals surface area contributed by atoms with Gasteiger partial charge in [-0.15, -0.1) is 0 Å². The van der Waals surface area contributed by atoms with Gasteiger partial charge in [-0.25, -0.2) is 0 Å². The summed E-state index contributed by atoms with van der Waals surface area (Å²) in [4.78, 5) is 30.2. The number of rotatable bonds is 2. The zero-order chi connectivity index (χ0) is 17.8. The Hall–Kier alpha value is -2.63. The SMILES string of the molecule is Cn1nccc1C(=O)N1[C@H]2CC[C@H]1[C@@H](C(=O)N1CCc3ccccc31)C2. The number of benzene rings is 1. The molecule has 2 bridgehead atoms. The van der Waals surface area contributed by atoms with Crippen LogP contribution in [0.15, 0.2) is 36.5 Å². The van der Waals surface area contributed by atoms with Gasteiger partial charge in [-0.05, 0) is 43.4 Å². The third-order valence-corrected chi connectivity index (χ3v) is 6.28. The lowest BCUT2D eigenvalue weighted by molar-refractivity contribution is -0.123. The molecule has 3 aliphatic rings. The molecule has 2 aromatic rings. The molecular formula is C20H22N4O2. The van der Waals surface area contributed by atoms with E-state index < -0.39 is 0 Å². The first kappa shape index (κ1) is 15.6. The number of carbonyl (C=O) groups is 2. The van der Waals surface area contributed by atoms with Crippen molar-refractivity contribution < 1.29 is 9.59 Å². The molecule has 2 fully saturated rings. The summed E-state index contributed by atoms with van der Waals surface area (Å²) in [7, 11) is 1.79. The van der Waals surface area contributed by atoms with Crippen molar-refractivity contribution in [3.05, 3.63) is 47.8 Å². The van der Waals surface area contributed by atoms with Crippen molar-refractivity contribution in [2.75, 3.05) is 11.4 Å². The molecule has 4 heterocycles. The quantitative estimate of drug-likeness (QED) is 0.832. The summed E-state index contributed by atoms with van der Waals surface area (Å²) in [6.07, 6.45) is 5.26. The lowest BCUT2D eigenvalue weighted by atomic mass is 9.88. The molecule has 0 saturated carbocycles. The van der Waals surface area contributed by atoms with Crippen molar-refractivity contribution in [2.24, 2.45) is 13.0 Å². The monoisotopic (exact) mass is 350 g/mol. The van der Waals surface area contributed by atoms with Crippen molar-refractivity contribution in [3.63, 3.8) is 0 Å². The van der Waals surface area contributed by atoms with Crippen LogP contribution >= 0.6 is 0 Å². The lowest BCUT2D eigenvalue weighted by Gasteiger charge is -2.27. The van der Waals surface area contributed by atoms with Crippen molar-refractivity contribution in [1.82, 2.24) is 14.7 Å². The average Bonchev–Trinajstić information content (AvgIpc) is 3.42. The summed E-state index contributed by atoms with van der Waals surface area (Å²) in [6.45, 7) is 0.752. The number of nitrogens with zero attached hydrogens (tertiary/aromatic N) is 4. The lowest BCUT2D eigenvalue weighted by Crippen LogP contribution is -2.43. The molecule has 0 radical (unpaired) electrons. The van der Waals surface area contributed by atoms with E-state index in [-0.39, 0.29) is 29.8 Å². The fourth-order valence-corrected chi connectivity index (χ4v) is 5.05. The van der Waals surface area contributed by atoms with Gasteiger partial charge in [-0.3, -0.25) is 14.3 Å². The molecule has 2 saturated heterocycles. The molecule has 134 valence electrons. The Morgan fingerprint density at radius 3 is 2.81 bits per heavy atom. The molecule has 6 nitrogen and oxygen atoms in total. The average molecular weight is 350 g/mol. The number of carbonyl (C=O) groups excluding carboxylic acids is 2. The van der Waals surface area contributed by atoms with E-state index in [4.69, 9.17) is 0 Å². The Bertz CT molecular complexity index is 889. The minimum Gasteiger partial charge on any atom is -0.331 e. The maximum Gasteiger partial charge on any atom is 0.272 e. The number of anilines is 1.